The molecule has 3 heteroatoms. The number of aliphatic hydroxyl groups excluding tert-OH is 1. The van der Waals surface area contributed by atoms with Crippen LogP contribution in [-0.2, 0) is 0 Å². The van der Waals surface area contributed by atoms with Gasteiger partial charge in [-0.25, -0.2) is 0 Å². The zero-order chi connectivity index (χ0) is 10.0. The zero-order valence-electron chi connectivity index (χ0n) is 8.71. The van der Waals surface area contributed by atoms with Crippen molar-refractivity contribution in [2.45, 2.75) is 25.7 Å². The lowest BCUT2D eigenvalue weighted by atomic mass is 9.70. The molecule has 0 aromatic carbocycles. The van der Waals surface area contributed by atoms with Gasteiger partial charge in [0.25, 0.3) is 0 Å². The Balaban J connectivity index is 1.80. The topological polar surface area (TPSA) is 23.5 Å². The first-order chi connectivity index (χ1) is 6.78. The molecule has 1 unspecified atom stereocenters. The first kappa shape index (κ1) is 10.9. The van der Waals surface area contributed by atoms with Gasteiger partial charge in [-0.05, 0) is 37.1 Å². The molecule has 0 aromatic rings. The maximum absolute atomic E-state index is 9.07. The summed E-state index contributed by atoms with van der Waals surface area (Å²) in [5, 5.41) is 10.2. The minimum atomic E-state index is 0.373. The van der Waals surface area contributed by atoms with Gasteiger partial charge >= 0.3 is 0 Å². The molecular weight excluding hydrogens is 242 g/mol. The molecule has 14 heavy (non-hydrogen) atoms. The summed E-state index contributed by atoms with van der Waals surface area (Å²) in [6.45, 7) is 3.93. The molecule has 1 atom stereocenters. The van der Waals surface area contributed by atoms with Crippen LogP contribution in [0.25, 0.3) is 0 Å². The van der Waals surface area contributed by atoms with E-state index in [4.69, 9.17) is 5.11 Å². The fourth-order valence-electron chi connectivity index (χ4n) is 2.69. The minimum Gasteiger partial charge on any atom is -0.396 e. The molecule has 0 amide bonds. The largest absolute Gasteiger partial charge is 0.396 e. The molecule has 1 saturated carbocycles. The van der Waals surface area contributed by atoms with Crippen molar-refractivity contribution >= 4 is 15.9 Å². The van der Waals surface area contributed by atoms with E-state index in [-0.39, 0.29) is 0 Å². The first-order valence-corrected chi connectivity index (χ1v) is 6.79. The number of hydrogen-bond acceptors (Lipinski definition) is 2. The highest BCUT2D eigenvalue weighted by atomic mass is 79.9. The normalized spacial score (nSPS) is 31.7. The van der Waals surface area contributed by atoms with Crippen LogP contribution in [0.2, 0.25) is 0 Å². The number of alkyl halides is 1. The van der Waals surface area contributed by atoms with Gasteiger partial charge in [-0.2, -0.15) is 0 Å². The molecule has 1 aliphatic heterocycles. The van der Waals surface area contributed by atoms with Gasteiger partial charge in [0, 0.05) is 25.0 Å². The van der Waals surface area contributed by atoms with Crippen LogP contribution in [0.5, 0.6) is 0 Å². The minimum absolute atomic E-state index is 0.373. The van der Waals surface area contributed by atoms with Crippen molar-refractivity contribution in [3.8, 4) is 0 Å². The van der Waals surface area contributed by atoms with Crippen LogP contribution in [0.3, 0.4) is 0 Å². The summed E-state index contributed by atoms with van der Waals surface area (Å²) in [5.41, 5.74) is 0.574. The highest BCUT2D eigenvalue weighted by Gasteiger charge is 2.38. The van der Waals surface area contributed by atoms with E-state index in [1.165, 1.54) is 38.8 Å². The standard InChI is InChI=1S/C11H20BrNO/c12-8-11(3-1-4-11)9-13-5-2-10(6-13)7-14/h10,14H,1-9H2. The van der Waals surface area contributed by atoms with E-state index in [9.17, 15) is 0 Å². The molecule has 0 radical (unpaired) electrons. The van der Waals surface area contributed by atoms with E-state index in [0.29, 0.717) is 17.9 Å². The van der Waals surface area contributed by atoms with E-state index < -0.39 is 0 Å². The smallest absolute Gasteiger partial charge is 0.0471 e. The Kier molecular flexibility index (Phi) is 3.50. The second-order valence-electron chi connectivity index (χ2n) is 5.06. The average Bonchev–Trinajstić information content (AvgIpc) is 2.59. The van der Waals surface area contributed by atoms with Gasteiger partial charge in [-0.1, -0.05) is 22.4 Å². The lowest BCUT2D eigenvalue weighted by Crippen LogP contribution is -2.42. The molecule has 1 saturated heterocycles. The van der Waals surface area contributed by atoms with Gasteiger partial charge in [-0.3, -0.25) is 0 Å². The van der Waals surface area contributed by atoms with E-state index in [2.05, 4.69) is 20.8 Å². The molecule has 82 valence electrons. The second-order valence-corrected chi connectivity index (χ2v) is 5.62. The molecule has 2 nitrogen and oxygen atoms in total. The van der Waals surface area contributed by atoms with Crippen molar-refractivity contribution in [1.29, 1.82) is 0 Å². The van der Waals surface area contributed by atoms with Crippen molar-refractivity contribution in [1.82, 2.24) is 4.90 Å². The molecule has 2 rings (SSSR count). The molecule has 0 bridgehead atoms. The molecular formula is C11H20BrNO. The van der Waals surface area contributed by atoms with Crippen LogP contribution in [0.4, 0.5) is 0 Å². The zero-order valence-corrected chi connectivity index (χ0v) is 10.3. The maximum atomic E-state index is 9.07. The van der Waals surface area contributed by atoms with Crippen LogP contribution in [0.15, 0.2) is 0 Å². The van der Waals surface area contributed by atoms with Crippen LogP contribution < -0.4 is 0 Å². The van der Waals surface area contributed by atoms with Gasteiger partial charge < -0.3 is 10.0 Å². The first-order valence-electron chi connectivity index (χ1n) is 5.67. The van der Waals surface area contributed by atoms with Crippen LogP contribution >= 0.6 is 15.9 Å². The highest BCUT2D eigenvalue weighted by molar-refractivity contribution is 9.09. The number of likely N-dealkylation sites (tertiary alicyclic amines) is 1. The van der Waals surface area contributed by atoms with E-state index in [1.54, 1.807) is 0 Å². The van der Waals surface area contributed by atoms with Crippen LogP contribution in [-0.4, -0.2) is 41.6 Å². The molecule has 1 heterocycles. The Morgan fingerprint density at radius 1 is 1.43 bits per heavy atom. The quantitative estimate of drug-likeness (QED) is 0.782. The average molecular weight is 262 g/mol. The Morgan fingerprint density at radius 3 is 2.64 bits per heavy atom. The Morgan fingerprint density at radius 2 is 2.21 bits per heavy atom. The summed E-state index contributed by atoms with van der Waals surface area (Å²) in [4.78, 5) is 2.54. The van der Waals surface area contributed by atoms with Crippen molar-refractivity contribution in [3.63, 3.8) is 0 Å². The fraction of sp³-hybridized carbons (Fsp3) is 1.00. The molecule has 1 N–H and O–H groups in total. The number of rotatable bonds is 4. The molecule has 1 aliphatic carbocycles. The maximum Gasteiger partial charge on any atom is 0.0471 e. The third-order valence-electron chi connectivity index (χ3n) is 3.88. The summed E-state index contributed by atoms with van der Waals surface area (Å²) < 4.78 is 0. The lowest BCUT2D eigenvalue weighted by Gasteiger charge is -2.43. The highest BCUT2D eigenvalue weighted by Crippen LogP contribution is 2.43. The van der Waals surface area contributed by atoms with Gasteiger partial charge in [0.05, 0.1) is 0 Å². The predicted molar refractivity (Wildman–Crippen MR) is 61.7 cm³/mol. The van der Waals surface area contributed by atoms with E-state index >= 15 is 0 Å². The van der Waals surface area contributed by atoms with Gasteiger partial charge in [0.1, 0.15) is 0 Å². The Hall–Kier alpha value is 0.400. The third kappa shape index (κ3) is 2.15. The summed E-state index contributed by atoms with van der Waals surface area (Å²) in [7, 11) is 0. The van der Waals surface area contributed by atoms with E-state index in [0.717, 1.165) is 11.9 Å². The number of nitrogens with zero attached hydrogens (tertiary/aromatic N) is 1. The molecule has 0 spiro atoms. The van der Waals surface area contributed by atoms with Crippen molar-refractivity contribution in [3.05, 3.63) is 0 Å². The predicted octanol–water partition coefficient (Wildman–Crippen LogP) is 1.87. The van der Waals surface area contributed by atoms with Crippen molar-refractivity contribution in [2.75, 3.05) is 31.6 Å². The Bertz CT molecular complexity index is 188. The summed E-state index contributed by atoms with van der Waals surface area (Å²) in [6.07, 6.45) is 5.37. The van der Waals surface area contributed by atoms with Crippen LogP contribution in [0.1, 0.15) is 25.7 Å². The SMILES string of the molecule is OCC1CCN(CC2(CBr)CCC2)C1. The Labute approximate surface area is 94.8 Å². The van der Waals surface area contributed by atoms with Crippen molar-refractivity contribution in [2.24, 2.45) is 11.3 Å². The number of aliphatic hydroxyl groups is 1. The van der Waals surface area contributed by atoms with Crippen LogP contribution in [0, 0.1) is 11.3 Å². The van der Waals surface area contributed by atoms with Crippen molar-refractivity contribution < 1.29 is 5.11 Å². The lowest BCUT2D eigenvalue weighted by molar-refractivity contribution is 0.100. The summed E-state index contributed by atoms with van der Waals surface area (Å²) in [5.74, 6) is 0.544. The fourth-order valence-corrected chi connectivity index (χ4v) is 3.43. The third-order valence-corrected chi connectivity index (χ3v) is 5.07. The summed E-state index contributed by atoms with van der Waals surface area (Å²) >= 11 is 3.65. The summed E-state index contributed by atoms with van der Waals surface area (Å²) in [6, 6.07) is 0. The second kappa shape index (κ2) is 4.50. The van der Waals surface area contributed by atoms with E-state index in [1.807, 2.05) is 0 Å². The van der Waals surface area contributed by atoms with Gasteiger partial charge in [0.15, 0.2) is 0 Å². The van der Waals surface area contributed by atoms with Gasteiger partial charge in [-0.15, -0.1) is 0 Å². The number of halogens is 1. The molecule has 2 fully saturated rings. The molecule has 2 aliphatic rings. The number of hydrogen-bond donors (Lipinski definition) is 1. The molecule has 0 aromatic heterocycles. The van der Waals surface area contributed by atoms with Gasteiger partial charge in [0.2, 0.25) is 0 Å². The monoisotopic (exact) mass is 261 g/mol.